The second-order valence-corrected chi connectivity index (χ2v) is 3.95. The third-order valence-electron chi connectivity index (χ3n) is 1.49. The fourth-order valence-corrected chi connectivity index (χ4v) is 1.96. The maximum Gasteiger partial charge on any atom is 0.419 e. The molecule has 1 aromatic carbocycles. The number of rotatable bonds is 0. The Hall–Kier alpha value is 0.1000. The van der Waals surface area contributed by atoms with Crippen LogP contribution in [0.1, 0.15) is 5.56 Å². The summed E-state index contributed by atoms with van der Waals surface area (Å²) < 4.78 is 50.1. The normalized spacial score (nSPS) is 12.0. The van der Waals surface area contributed by atoms with Gasteiger partial charge in [0, 0.05) is 0 Å². The standard InChI is InChI=1S/C7Cl4F4/c8-2-1(7(13,14)15)3(9)6(12)5(11)4(2)10. The van der Waals surface area contributed by atoms with Crippen LogP contribution in [0.15, 0.2) is 0 Å². The molecule has 0 heterocycles. The number of halogens is 8. The Balaban J connectivity index is 3.68. The van der Waals surface area contributed by atoms with Gasteiger partial charge in [-0.05, 0) is 0 Å². The summed E-state index contributed by atoms with van der Waals surface area (Å²) in [6, 6.07) is 0. The van der Waals surface area contributed by atoms with Crippen LogP contribution in [0.4, 0.5) is 17.6 Å². The number of hydrogen-bond donors (Lipinski definition) is 0. The van der Waals surface area contributed by atoms with Gasteiger partial charge in [0.25, 0.3) is 0 Å². The number of alkyl halides is 3. The summed E-state index contributed by atoms with van der Waals surface area (Å²) in [5.74, 6) is -1.44. The molecule has 0 aliphatic carbocycles. The monoisotopic (exact) mass is 300 g/mol. The summed E-state index contributed by atoms with van der Waals surface area (Å²) in [5.41, 5.74) is -1.53. The lowest BCUT2D eigenvalue weighted by Gasteiger charge is -2.13. The van der Waals surface area contributed by atoms with Crippen LogP contribution in [0.3, 0.4) is 0 Å². The van der Waals surface area contributed by atoms with Gasteiger partial charge in [0.05, 0.1) is 25.7 Å². The summed E-state index contributed by atoms with van der Waals surface area (Å²) >= 11 is 21.0. The van der Waals surface area contributed by atoms with Crippen LogP contribution in [0.2, 0.25) is 20.1 Å². The highest BCUT2D eigenvalue weighted by molar-refractivity contribution is 6.49. The van der Waals surface area contributed by atoms with Crippen molar-refractivity contribution < 1.29 is 17.6 Å². The lowest BCUT2D eigenvalue weighted by molar-refractivity contribution is -0.137. The molecule has 15 heavy (non-hydrogen) atoms. The molecule has 0 N–H and O–H groups in total. The maximum absolute atomic E-state index is 13.1. The fourth-order valence-electron chi connectivity index (χ4n) is 0.854. The molecule has 0 atom stereocenters. The molecule has 0 aromatic heterocycles. The largest absolute Gasteiger partial charge is 0.419 e. The Morgan fingerprint density at radius 1 is 0.733 bits per heavy atom. The Labute approximate surface area is 102 Å². The molecule has 84 valence electrons. The lowest BCUT2D eigenvalue weighted by atomic mass is 10.2. The minimum Gasteiger partial charge on any atom is -0.204 e. The fraction of sp³-hybridized carbons (Fsp3) is 0.143. The zero-order chi connectivity index (χ0) is 12.0. The molecule has 0 fully saturated rings. The third-order valence-corrected chi connectivity index (χ3v) is 3.15. The summed E-state index contributed by atoms with van der Waals surface area (Å²) in [6.07, 6.45) is -4.90. The van der Waals surface area contributed by atoms with Crippen molar-refractivity contribution in [3.8, 4) is 0 Å². The molecule has 0 bridgehead atoms. The predicted octanol–water partition coefficient (Wildman–Crippen LogP) is 5.46. The van der Waals surface area contributed by atoms with Crippen LogP contribution in [-0.2, 0) is 6.18 Å². The molecule has 0 saturated carbocycles. The Morgan fingerprint density at radius 2 is 1.20 bits per heavy atom. The van der Waals surface area contributed by atoms with E-state index in [0.29, 0.717) is 0 Å². The van der Waals surface area contributed by atoms with Gasteiger partial charge >= 0.3 is 6.18 Å². The predicted molar refractivity (Wildman–Crippen MR) is 51.4 cm³/mol. The molecule has 8 heteroatoms. The van der Waals surface area contributed by atoms with Gasteiger partial charge in [-0.1, -0.05) is 46.4 Å². The van der Waals surface area contributed by atoms with Gasteiger partial charge in [-0.15, -0.1) is 0 Å². The highest BCUT2D eigenvalue weighted by Crippen LogP contribution is 2.46. The van der Waals surface area contributed by atoms with Gasteiger partial charge in [-0.3, -0.25) is 0 Å². The first-order chi connectivity index (χ1) is 6.68. The van der Waals surface area contributed by atoms with Crippen molar-refractivity contribution in [3.05, 3.63) is 31.5 Å². The highest BCUT2D eigenvalue weighted by atomic mass is 35.5. The lowest BCUT2D eigenvalue weighted by Crippen LogP contribution is -2.09. The molecule has 1 rings (SSSR count). The average Bonchev–Trinajstić information content (AvgIpc) is 2.09. The van der Waals surface area contributed by atoms with E-state index in [9.17, 15) is 17.6 Å². The molecule has 0 nitrogen and oxygen atoms in total. The molecule has 0 radical (unpaired) electrons. The van der Waals surface area contributed by atoms with E-state index in [1.165, 1.54) is 0 Å². The van der Waals surface area contributed by atoms with Crippen LogP contribution < -0.4 is 0 Å². The van der Waals surface area contributed by atoms with E-state index in [-0.39, 0.29) is 0 Å². The zero-order valence-corrected chi connectivity index (χ0v) is 9.55. The van der Waals surface area contributed by atoms with Gasteiger partial charge in [-0.25, -0.2) is 4.39 Å². The molecule has 0 aliphatic heterocycles. The summed E-state index contributed by atoms with van der Waals surface area (Å²) in [4.78, 5) is 0. The van der Waals surface area contributed by atoms with Crippen LogP contribution in [0.25, 0.3) is 0 Å². The molecule has 0 unspecified atom stereocenters. The summed E-state index contributed by atoms with van der Waals surface area (Å²) in [6.45, 7) is 0. The van der Waals surface area contributed by atoms with Crippen molar-refractivity contribution in [1.82, 2.24) is 0 Å². The van der Waals surface area contributed by atoms with E-state index < -0.39 is 37.6 Å². The molecular formula is C7Cl4F4. The van der Waals surface area contributed by atoms with Gasteiger partial charge in [0.15, 0.2) is 5.82 Å². The number of hydrogen-bond acceptors (Lipinski definition) is 0. The SMILES string of the molecule is Fc1c(Cl)c(Cl)c(Cl)c(C(F)(F)F)c1Cl. The van der Waals surface area contributed by atoms with E-state index in [4.69, 9.17) is 46.4 Å². The molecular weight excluding hydrogens is 302 g/mol. The van der Waals surface area contributed by atoms with Crippen molar-refractivity contribution >= 4 is 46.4 Å². The smallest absolute Gasteiger partial charge is 0.204 e. The van der Waals surface area contributed by atoms with Crippen molar-refractivity contribution in [2.75, 3.05) is 0 Å². The molecule has 0 amide bonds. The van der Waals surface area contributed by atoms with Gasteiger partial charge in [0.2, 0.25) is 0 Å². The second-order valence-electron chi connectivity index (χ2n) is 2.44. The Kier molecular flexibility index (Phi) is 3.66. The van der Waals surface area contributed by atoms with Crippen LogP contribution >= 0.6 is 46.4 Å². The van der Waals surface area contributed by atoms with Gasteiger partial charge in [-0.2, -0.15) is 13.2 Å². The molecule has 0 spiro atoms. The average molecular weight is 302 g/mol. The van der Waals surface area contributed by atoms with E-state index in [1.807, 2.05) is 0 Å². The van der Waals surface area contributed by atoms with Gasteiger partial charge < -0.3 is 0 Å². The molecule has 0 aliphatic rings. The summed E-state index contributed by atoms with van der Waals surface area (Å²) in [5, 5.41) is -3.56. The van der Waals surface area contributed by atoms with Crippen LogP contribution in [0.5, 0.6) is 0 Å². The highest BCUT2D eigenvalue weighted by Gasteiger charge is 2.39. The van der Waals surface area contributed by atoms with Crippen molar-refractivity contribution in [2.45, 2.75) is 6.18 Å². The van der Waals surface area contributed by atoms with Crippen LogP contribution in [-0.4, -0.2) is 0 Å². The first-order valence-electron chi connectivity index (χ1n) is 3.26. The first-order valence-corrected chi connectivity index (χ1v) is 4.77. The number of benzene rings is 1. The van der Waals surface area contributed by atoms with E-state index in [2.05, 4.69) is 0 Å². The summed E-state index contributed by atoms with van der Waals surface area (Å²) in [7, 11) is 0. The quantitative estimate of drug-likeness (QED) is 0.339. The maximum atomic E-state index is 13.1. The van der Waals surface area contributed by atoms with Crippen molar-refractivity contribution in [2.24, 2.45) is 0 Å². The first kappa shape index (κ1) is 13.2. The second kappa shape index (κ2) is 4.17. The zero-order valence-electron chi connectivity index (χ0n) is 6.52. The van der Waals surface area contributed by atoms with Crippen LogP contribution in [0, 0.1) is 5.82 Å². The minimum absolute atomic E-state index is 0.715. The Morgan fingerprint density at radius 3 is 1.60 bits per heavy atom. The van der Waals surface area contributed by atoms with E-state index >= 15 is 0 Å². The third kappa shape index (κ3) is 2.28. The van der Waals surface area contributed by atoms with Gasteiger partial charge in [0.1, 0.15) is 0 Å². The topological polar surface area (TPSA) is 0 Å². The van der Waals surface area contributed by atoms with Crippen molar-refractivity contribution in [3.63, 3.8) is 0 Å². The Bertz CT molecular complexity index is 383. The molecule has 0 saturated heterocycles. The van der Waals surface area contributed by atoms with Crippen molar-refractivity contribution in [1.29, 1.82) is 0 Å². The van der Waals surface area contributed by atoms with E-state index in [1.54, 1.807) is 0 Å². The molecule has 1 aromatic rings. The minimum atomic E-state index is -4.90. The van der Waals surface area contributed by atoms with E-state index in [0.717, 1.165) is 0 Å².